The van der Waals surface area contributed by atoms with Gasteiger partial charge in [0.2, 0.25) is 5.91 Å². The highest BCUT2D eigenvalue weighted by atomic mass is 16.5. The molecule has 0 aliphatic carbocycles. The zero-order chi connectivity index (χ0) is 18.4. The zero-order valence-corrected chi connectivity index (χ0v) is 15.3. The van der Waals surface area contributed by atoms with Crippen LogP contribution >= 0.6 is 0 Å². The molecule has 0 aromatic heterocycles. The molecular formula is C19H28N2O4. The molecule has 1 atom stereocenters. The standard InChI is InChI=1S/C19H28N2O4/c1-14-6-7-15(11-17(14)25-3)12-18(22)21-9-4-5-16(8-10-21)20(2)13-19(23)24/h6-7,11,16H,4-5,8-10,12-13H2,1-3H3,(H,23,24). The van der Waals surface area contributed by atoms with Gasteiger partial charge in [-0.3, -0.25) is 14.5 Å². The summed E-state index contributed by atoms with van der Waals surface area (Å²) in [5, 5.41) is 8.93. The molecule has 1 aromatic rings. The van der Waals surface area contributed by atoms with Crippen LogP contribution in [0.3, 0.4) is 0 Å². The van der Waals surface area contributed by atoms with Crippen molar-refractivity contribution in [3.8, 4) is 5.75 Å². The number of amides is 1. The lowest BCUT2D eigenvalue weighted by Gasteiger charge is -2.25. The number of rotatable bonds is 6. The molecule has 1 aromatic carbocycles. The quantitative estimate of drug-likeness (QED) is 0.851. The SMILES string of the molecule is COc1cc(CC(=O)N2CCCC(N(C)CC(=O)O)CC2)ccc1C. The lowest BCUT2D eigenvalue weighted by Crippen LogP contribution is -2.37. The average Bonchev–Trinajstić information content (AvgIpc) is 2.82. The lowest BCUT2D eigenvalue weighted by molar-refractivity contribution is -0.138. The number of carboxylic acids is 1. The van der Waals surface area contributed by atoms with Crippen LogP contribution in [-0.2, 0) is 16.0 Å². The molecule has 1 unspecified atom stereocenters. The number of aryl methyl sites for hydroxylation is 1. The zero-order valence-electron chi connectivity index (χ0n) is 15.3. The second-order valence-electron chi connectivity index (χ2n) is 6.76. The average molecular weight is 348 g/mol. The van der Waals surface area contributed by atoms with Gasteiger partial charge in [0.05, 0.1) is 20.1 Å². The summed E-state index contributed by atoms with van der Waals surface area (Å²) in [7, 11) is 3.48. The molecule has 1 heterocycles. The summed E-state index contributed by atoms with van der Waals surface area (Å²) in [6.45, 7) is 3.43. The molecular weight excluding hydrogens is 320 g/mol. The number of ether oxygens (including phenoxy) is 1. The fourth-order valence-electron chi connectivity index (χ4n) is 3.37. The van der Waals surface area contributed by atoms with Crippen molar-refractivity contribution < 1.29 is 19.4 Å². The van der Waals surface area contributed by atoms with Gasteiger partial charge in [-0.05, 0) is 50.4 Å². The van der Waals surface area contributed by atoms with Crippen molar-refractivity contribution in [1.29, 1.82) is 0 Å². The van der Waals surface area contributed by atoms with Crippen molar-refractivity contribution in [3.05, 3.63) is 29.3 Å². The second-order valence-corrected chi connectivity index (χ2v) is 6.76. The third-order valence-electron chi connectivity index (χ3n) is 4.89. The van der Waals surface area contributed by atoms with Gasteiger partial charge in [-0.1, -0.05) is 12.1 Å². The molecule has 1 N–H and O–H groups in total. The lowest BCUT2D eigenvalue weighted by atomic mass is 10.1. The van der Waals surface area contributed by atoms with E-state index in [1.807, 2.05) is 42.0 Å². The fourth-order valence-corrected chi connectivity index (χ4v) is 3.37. The van der Waals surface area contributed by atoms with Crippen LogP contribution in [0.1, 0.15) is 30.4 Å². The molecule has 138 valence electrons. The summed E-state index contributed by atoms with van der Waals surface area (Å²) >= 11 is 0. The number of nitrogens with zero attached hydrogens (tertiary/aromatic N) is 2. The Morgan fingerprint density at radius 3 is 2.76 bits per heavy atom. The topological polar surface area (TPSA) is 70.1 Å². The normalized spacial score (nSPS) is 18.1. The van der Waals surface area contributed by atoms with Gasteiger partial charge in [0.25, 0.3) is 0 Å². The molecule has 1 aliphatic rings. The first kappa shape index (κ1) is 19.2. The first-order valence-corrected chi connectivity index (χ1v) is 8.74. The van der Waals surface area contributed by atoms with Gasteiger partial charge in [0.15, 0.2) is 0 Å². The number of hydrogen-bond acceptors (Lipinski definition) is 4. The Labute approximate surface area is 149 Å². The van der Waals surface area contributed by atoms with Crippen molar-refractivity contribution in [3.63, 3.8) is 0 Å². The maximum Gasteiger partial charge on any atom is 0.317 e. The number of carbonyl (C=O) groups is 2. The minimum absolute atomic E-state index is 0.0434. The Morgan fingerprint density at radius 2 is 2.08 bits per heavy atom. The third kappa shape index (κ3) is 5.46. The predicted molar refractivity (Wildman–Crippen MR) is 95.9 cm³/mol. The molecule has 6 heteroatoms. The highest BCUT2D eigenvalue weighted by Gasteiger charge is 2.24. The van der Waals surface area contributed by atoms with Crippen LogP contribution in [-0.4, -0.2) is 66.6 Å². The first-order valence-electron chi connectivity index (χ1n) is 8.74. The van der Waals surface area contributed by atoms with E-state index >= 15 is 0 Å². The van der Waals surface area contributed by atoms with Gasteiger partial charge >= 0.3 is 5.97 Å². The number of carbonyl (C=O) groups excluding carboxylic acids is 1. The maximum absolute atomic E-state index is 12.6. The highest BCUT2D eigenvalue weighted by Crippen LogP contribution is 2.21. The largest absolute Gasteiger partial charge is 0.496 e. The summed E-state index contributed by atoms with van der Waals surface area (Å²) in [5.74, 6) is 0.108. The van der Waals surface area contributed by atoms with E-state index in [2.05, 4.69) is 0 Å². The van der Waals surface area contributed by atoms with Crippen LogP contribution in [0.25, 0.3) is 0 Å². The van der Waals surface area contributed by atoms with E-state index in [4.69, 9.17) is 9.84 Å². The van der Waals surface area contributed by atoms with Crippen LogP contribution in [0.2, 0.25) is 0 Å². The van der Waals surface area contributed by atoms with E-state index in [0.29, 0.717) is 13.0 Å². The van der Waals surface area contributed by atoms with Crippen molar-refractivity contribution in [1.82, 2.24) is 9.80 Å². The highest BCUT2D eigenvalue weighted by molar-refractivity contribution is 5.79. The molecule has 0 spiro atoms. The fraction of sp³-hybridized carbons (Fsp3) is 0.579. The molecule has 2 rings (SSSR count). The summed E-state index contributed by atoms with van der Waals surface area (Å²) in [5.41, 5.74) is 2.01. The Balaban J connectivity index is 1.93. The Hall–Kier alpha value is -2.08. The van der Waals surface area contributed by atoms with E-state index in [9.17, 15) is 9.59 Å². The van der Waals surface area contributed by atoms with E-state index in [-0.39, 0.29) is 18.5 Å². The van der Waals surface area contributed by atoms with Gasteiger partial charge in [0.1, 0.15) is 5.75 Å². The number of aliphatic carboxylic acids is 1. The minimum Gasteiger partial charge on any atom is -0.496 e. The molecule has 6 nitrogen and oxygen atoms in total. The number of likely N-dealkylation sites (N-methyl/N-ethyl adjacent to an activating group) is 1. The molecule has 0 radical (unpaired) electrons. The second kappa shape index (κ2) is 8.85. The van der Waals surface area contributed by atoms with E-state index in [1.54, 1.807) is 7.11 Å². The van der Waals surface area contributed by atoms with Gasteiger partial charge in [-0.2, -0.15) is 0 Å². The van der Waals surface area contributed by atoms with Crippen molar-refractivity contribution >= 4 is 11.9 Å². The van der Waals surface area contributed by atoms with Crippen LogP contribution in [0.4, 0.5) is 0 Å². The molecule has 1 fully saturated rings. The van der Waals surface area contributed by atoms with Crippen LogP contribution in [0.15, 0.2) is 18.2 Å². The Morgan fingerprint density at radius 1 is 1.32 bits per heavy atom. The smallest absolute Gasteiger partial charge is 0.317 e. The third-order valence-corrected chi connectivity index (χ3v) is 4.89. The van der Waals surface area contributed by atoms with Crippen LogP contribution < -0.4 is 4.74 Å². The number of methoxy groups -OCH3 is 1. The number of benzene rings is 1. The van der Waals surface area contributed by atoms with Gasteiger partial charge in [-0.25, -0.2) is 0 Å². The molecule has 0 saturated carbocycles. The molecule has 0 bridgehead atoms. The van der Waals surface area contributed by atoms with Crippen molar-refractivity contribution in [2.45, 2.75) is 38.6 Å². The summed E-state index contributed by atoms with van der Waals surface area (Å²) in [6.07, 6.45) is 3.00. The van der Waals surface area contributed by atoms with Crippen molar-refractivity contribution in [2.24, 2.45) is 0 Å². The minimum atomic E-state index is -0.812. The van der Waals surface area contributed by atoms with Gasteiger partial charge in [0, 0.05) is 19.1 Å². The summed E-state index contributed by atoms with van der Waals surface area (Å²) in [6, 6.07) is 6.08. The Kier molecular flexibility index (Phi) is 6.82. The summed E-state index contributed by atoms with van der Waals surface area (Å²) < 4.78 is 5.33. The molecule has 1 amide bonds. The van der Waals surface area contributed by atoms with E-state index < -0.39 is 5.97 Å². The predicted octanol–water partition coefficient (Wildman–Crippen LogP) is 1.94. The van der Waals surface area contributed by atoms with E-state index in [1.165, 1.54) is 0 Å². The molecule has 25 heavy (non-hydrogen) atoms. The van der Waals surface area contributed by atoms with Crippen LogP contribution in [0, 0.1) is 6.92 Å². The number of carboxylic acid groups (broad SMARTS) is 1. The maximum atomic E-state index is 12.6. The number of hydrogen-bond donors (Lipinski definition) is 1. The van der Waals surface area contributed by atoms with Crippen molar-refractivity contribution in [2.75, 3.05) is 33.8 Å². The summed E-state index contributed by atoms with van der Waals surface area (Å²) in [4.78, 5) is 27.3. The van der Waals surface area contributed by atoms with Gasteiger partial charge < -0.3 is 14.7 Å². The van der Waals surface area contributed by atoms with Crippen LogP contribution in [0.5, 0.6) is 5.75 Å². The monoisotopic (exact) mass is 348 g/mol. The molecule has 1 aliphatic heterocycles. The van der Waals surface area contributed by atoms with E-state index in [0.717, 1.165) is 42.7 Å². The first-order chi connectivity index (χ1) is 11.9. The van der Waals surface area contributed by atoms with Gasteiger partial charge in [-0.15, -0.1) is 0 Å². The molecule has 1 saturated heterocycles. The number of likely N-dealkylation sites (tertiary alicyclic amines) is 1. The Bertz CT molecular complexity index is 617.